The summed E-state index contributed by atoms with van der Waals surface area (Å²) < 4.78 is 6.60. The molecule has 1 aliphatic heterocycles. The van der Waals surface area contributed by atoms with Crippen LogP contribution < -0.4 is 10.9 Å². The van der Waals surface area contributed by atoms with Gasteiger partial charge in [0.25, 0.3) is 11.5 Å². The van der Waals surface area contributed by atoms with Crippen LogP contribution in [-0.4, -0.2) is 44.3 Å². The van der Waals surface area contributed by atoms with Crippen molar-refractivity contribution in [2.75, 3.05) is 6.54 Å². The number of amides is 3. The number of nitrogens with zero attached hydrogens (tertiary/aromatic N) is 3. The van der Waals surface area contributed by atoms with Crippen LogP contribution in [0.15, 0.2) is 22.4 Å². The fourth-order valence-corrected chi connectivity index (χ4v) is 5.37. The zero-order valence-corrected chi connectivity index (χ0v) is 19.4. The maximum atomic E-state index is 13.1. The van der Waals surface area contributed by atoms with E-state index < -0.39 is 24.1 Å². The van der Waals surface area contributed by atoms with Gasteiger partial charge in [-0.3, -0.25) is 23.7 Å². The van der Waals surface area contributed by atoms with Gasteiger partial charge in [0.05, 0.1) is 5.69 Å². The van der Waals surface area contributed by atoms with Crippen LogP contribution in [0.4, 0.5) is 4.79 Å². The molecule has 3 amide bonds. The standard InChI is InChI=1S/C22H28N4O5S/c1-4-21(2,3)14-5-7-22(8-6-14)18(29)26(19(30)24-22)12-17(28)31-13-15-11-16(27)25-9-10-32-20(25)23-15/h9-11,14H,4-8,12-13H2,1-3H3,(H,24,30). The Balaban J connectivity index is 1.36. The first-order valence-corrected chi connectivity index (χ1v) is 11.8. The Morgan fingerprint density at radius 1 is 1.31 bits per heavy atom. The summed E-state index contributed by atoms with van der Waals surface area (Å²) in [5, 5.41) is 4.58. The normalized spacial score (nSPS) is 23.7. The predicted octanol–water partition coefficient (Wildman–Crippen LogP) is 2.72. The number of hydrogen-bond acceptors (Lipinski definition) is 7. The maximum absolute atomic E-state index is 13.1. The molecule has 32 heavy (non-hydrogen) atoms. The molecule has 1 saturated carbocycles. The number of carbonyl (C=O) groups excluding carboxylic acids is 3. The lowest BCUT2D eigenvalue weighted by atomic mass is 9.65. The van der Waals surface area contributed by atoms with Crippen LogP contribution in [0.5, 0.6) is 0 Å². The Labute approximate surface area is 189 Å². The van der Waals surface area contributed by atoms with Gasteiger partial charge in [-0.15, -0.1) is 11.3 Å². The third-order valence-electron chi connectivity index (χ3n) is 7.13. The zero-order valence-electron chi connectivity index (χ0n) is 18.6. The molecule has 0 radical (unpaired) electrons. The Hall–Kier alpha value is -2.75. The van der Waals surface area contributed by atoms with Crippen LogP contribution in [0.2, 0.25) is 0 Å². The summed E-state index contributed by atoms with van der Waals surface area (Å²) in [5.41, 5.74) is -0.672. The number of aromatic nitrogens is 2. The van der Waals surface area contributed by atoms with E-state index >= 15 is 0 Å². The van der Waals surface area contributed by atoms with Gasteiger partial charge < -0.3 is 10.1 Å². The molecule has 2 aliphatic rings. The highest BCUT2D eigenvalue weighted by Crippen LogP contribution is 2.45. The van der Waals surface area contributed by atoms with Crippen molar-refractivity contribution >= 4 is 34.2 Å². The third kappa shape index (κ3) is 4.03. The largest absolute Gasteiger partial charge is 0.458 e. The molecule has 10 heteroatoms. The van der Waals surface area contributed by atoms with Crippen LogP contribution in [0, 0.1) is 11.3 Å². The van der Waals surface area contributed by atoms with Crippen LogP contribution in [0.1, 0.15) is 58.6 Å². The highest BCUT2D eigenvalue weighted by molar-refractivity contribution is 7.15. The molecule has 1 saturated heterocycles. The molecule has 2 aromatic rings. The number of hydrogen-bond donors (Lipinski definition) is 1. The lowest BCUT2D eigenvalue weighted by molar-refractivity contribution is -0.149. The highest BCUT2D eigenvalue weighted by atomic mass is 32.1. The first-order valence-electron chi connectivity index (χ1n) is 10.9. The van der Waals surface area contributed by atoms with Gasteiger partial charge in [0.2, 0.25) is 0 Å². The highest BCUT2D eigenvalue weighted by Gasteiger charge is 2.53. The number of thiazole rings is 1. The van der Waals surface area contributed by atoms with E-state index in [2.05, 4.69) is 31.1 Å². The molecule has 172 valence electrons. The number of urea groups is 1. The van der Waals surface area contributed by atoms with Crippen LogP contribution in [-0.2, 0) is 20.9 Å². The van der Waals surface area contributed by atoms with Gasteiger partial charge in [0.15, 0.2) is 4.96 Å². The third-order valence-corrected chi connectivity index (χ3v) is 7.88. The van der Waals surface area contributed by atoms with Gasteiger partial charge in [-0.2, -0.15) is 0 Å². The molecule has 1 spiro atoms. The second-order valence-electron chi connectivity index (χ2n) is 9.32. The van der Waals surface area contributed by atoms with E-state index in [-0.39, 0.29) is 23.5 Å². The number of fused-ring (bicyclic) bond motifs is 1. The van der Waals surface area contributed by atoms with Crippen molar-refractivity contribution in [3.63, 3.8) is 0 Å². The van der Waals surface area contributed by atoms with Crippen LogP contribution in [0.25, 0.3) is 4.96 Å². The molecular weight excluding hydrogens is 432 g/mol. The Morgan fingerprint density at radius 2 is 2.03 bits per heavy atom. The van der Waals surface area contributed by atoms with Gasteiger partial charge in [-0.05, 0) is 37.0 Å². The fraction of sp³-hybridized carbons (Fsp3) is 0.591. The molecule has 0 bridgehead atoms. The number of nitrogens with one attached hydrogen (secondary N) is 1. The predicted molar refractivity (Wildman–Crippen MR) is 118 cm³/mol. The minimum Gasteiger partial charge on any atom is -0.458 e. The summed E-state index contributed by atoms with van der Waals surface area (Å²) in [5.74, 6) is -0.581. The van der Waals surface area contributed by atoms with Gasteiger partial charge in [-0.25, -0.2) is 9.78 Å². The summed E-state index contributed by atoms with van der Waals surface area (Å²) in [7, 11) is 0. The molecule has 0 unspecified atom stereocenters. The van der Waals surface area contributed by atoms with E-state index in [4.69, 9.17) is 4.74 Å². The minimum atomic E-state index is -0.919. The first-order chi connectivity index (χ1) is 15.1. The SMILES string of the molecule is CCC(C)(C)C1CCC2(CC1)NC(=O)N(CC(=O)OCc1cc(=O)n3ccsc3n1)C2=O. The molecular formula is C22H28N4O5S. The first kappa shape index (κ1) is 22.4. The monoisotopic (exact) mass is 460 g/mol. The topological polar surface area (TPSA) is 110 Å². The van der Waals surface area contributed by atoms with Crippen molar-refractivity contribution in [2.24, 2.45) is 11.3 Å². The van der Waals surface area contributed by atoms with Gasteiger partial charge in [0, 0.05) is 17.6 Å². The summed E-state index contributed by atoms with van der Waals surface area (Å²) in [6.07, 6.45) is 5.55. The summed E-state index contributed by atoms with van der Waals surface area (Å²) in [6, 6.07) is 0.739. The Kier molecular flexibility index (Phi) is 5.83. The number of imide groups is 1. The molecule has 1 N–H and O–H groups in total. The van der Waals surface area contributed by atoms with Gasteiger partial charge in [-0.1, -0.05) is 27.2 Å². The van der Waals surface area contributed by atoms with Crippen molar-refractivity contribution in [2.45, 2.75) is 65.0 Å². The van der Waals surface area contributed by atoms with Crippen LogP contribution in [0.3, 0.4) is 0 Å². The molecule has 1 aliphatic carbocycles. The fourth-order valence-electron chi connectivity index (χ4n) is 4.63. The summed E-state index contributed by atoms with van der Waals surface area (Å²) >= 11 is 1.30. The molecule has 0 atom stereocenters. The smallest absolute Gasteiger partial charge is 0.326 e. The van der Waals surface area contributed by atoms with Gasteiger partial charge in [0.1, 0.15) is 18.7 Å². The van der Waals surface area contributed by atoms with E-state index in [1.165, 1.54) is 21.8 Å². The number of esters is 1. The molecule has 4 rings (SSSR count). The second kappa shape index (κ2) is 8.31. The summed E-state index contributed by atoms with van der Waals surface area (Å²) in [4.78, 5) is 55.7. The number of rotatable bonds is 6. The minimum absolute atomic E-state index is 0.194. The van der Waals surface area contributed by atoms with Crippen molar-refractivity contribution < 1.29 is 19.1 Å². The Bertz CT molecular complexity index is 1110. The van der Waals surface area contributed by atoms with E-state index in [0.717, 1.165) is 24.2 Å². The number of ether oxygens (including phenoxy) is 1. The maximum Gasteiger partial charge on any atom is 0.326 e. The molecule has 2 aromatic heterocycles. The van der Waals surface area contributed by atoms with E-state index in [1.807, 2.05) is 0 Å². The van der Waals surface area contributed by atoms with Crippen LogP contribution >= 0.6 is 11.3 Å². The quantitative estimate of drug-likeness (QED) is 0.524. The Morgan fingerprint density at radius 3 is 2.72 bits per heavy atom. The van der Waals surface area contributed by atoms with E-state index in [9.17, 15) is 19.2 Å². The molecule has 2 fully saturated rings. The van der Waals surface area contributed by atoms with Crippen molar-refractivity contribution in [3.8, 4) is 0 Å². The van der Waals surface area contributed by atoms with Gasteiger partial charge >= 0.3 is 12.0 Å². The van der Waals surface area contributed by atoms with E-state index in [1.54, 1.807) is 11.6 Å². The average Bonchev–Trinajstić information content (AvgIpc) is 3.32. The number of carbonyl (C=O) groups is 3. The molecule has 3 heterocycles. The second-order valence-corrected chi connectivity index (χ2v) is 10.2. The lowest BCUT2D eigenvalue weighted by Crippen LogP contribution is -2.51. The van der Waals surface area contributed by atoms with Crippen molar-refractivity contribution in [1.82, 2.24) is 19.6 Å². The summed E-state index contributed by atoms with van der Waals surface area (Å²) in [6.45, 7) is 5.99. The van der Waals surface area contributed by atoms with E-state index in [0.29, 0.717) is 29.4 Å². The zero-order chi connectivity index (χ0) is 23.1. The lowest BCUT2D eigenvalue weighted by Gasteiger charge is -2.42. The molecule has 9 nitrogen and oxygen atoms in total. The average molecular weight is 461 g/mol. The van der Waals surface area contributed by atoms with Crippen molar-refractivity contribution in [3.05, 3.63) is 33.7 Å². The molecule has 0 aromatic carbocycles. The van der Waals surface area contributed by atoms with Crippen molar-refractivity contribution in [1.29, 1.82) is 0 Å².